The van der Waals surface area contributed by atoms with Crippen LogP contribution in [0.15, 0.2) is 29.2 Å². The van der Waals surface area contributed by atoms with Crippen LogP contribution in [-0.2, 0) is 4.74 Å². The summed E-state index contributed by atoms with van der Waals surface area (Å²) in [6.45, 7) is 5.86. The van der Waals surface area contributed by atoms with E-state index in [-0.39, 0.29) is 0 Å². The zero-order chi connectivity index (χ0) is 11.4. The van der Waals surface area contributed by atoms with E-state index >= 15 is 0 Å². The summed E-state index contributed by atoms with van der Waals surface area (Å²) in [5.41, 5.74) is 1.44. The van der Waals surface area contributed by atoms with Crippen molar-refractivity contribution >= 4 is 11.8 Å². The van der Waals surface area contributed by atoms with E-state index in [1.165, 1.54) is 10.5 Å². The summed E-state index contributed by atoms with van der Waals surface area (Å²) in [4.78, 5) is 1.42. The van der Waals surface area contributed by atoms with Crippen molar-refractivity contribution in [1.82, 2.24) is 5.32 Å². The molecule has 1 heterocycles. The van der Waals surface area contributed by atoms with E-state index < -0.39 is 0 Å². The molecule has 1 aromatic carbocycles. The summed E-state index contributed by atoms with van der Waals surface area (Å²) < 4.78 is 5.52. The number of hydrogen-bond donors (Lipinski definition) is 1. The highest BCUT2D eigenvalue weighted by Crippen LogP contribution is 2.37. The second-order valence-electron chi connectivity index (χ2n) is 4.28. The summed E-state index contributed by atoms with van der Waals surface area (Å²) in [6, 6.07) is 9.14. The highest BCUT2D eigenvalue weighted by atomic mass is 32.2. The lowest BCUT2D eigenvalue weighted by Crippen LogP contribution is -2.26. The summed E-state index contributed by atoms with van der Waals surface area (Å²) in [6.07, 6.45) is 0.326. The van der Waals surface area contributed by atoms with E-state index in [1.807, 2.05) is 11.8 Å². The van der Waals surface area contributed by atoms with Crippen molar-refractivity contribution in [2.45, 2.75) is 30.9 Å². The molecule has 0 saturated carbocycles. The third kappa shape index (κ3) is 3.00. The smallest absolute Gasteiger partial charge is 0.0594 e. The van der Waals surface area contributed by atoms with Crippen LogP contribution in [0.4, 0.5) is 0 Å². The molecule has 2 rings (SSSR count). The van der Waals surface area contributed by atoms with E-state index in [4.69, 9.17) is 4.74 Å². The lowest BCUT2D eigenvalue weighted by atomic mass is 10.1. The van der Waals surface area contributed by atoms with Gasteiger partial charge in [0.25, 0.3) is 0 Å². The predicted molar refractivity (Wildman–Crippen MR) is 69.0 cm³/mol. The normalized spacial score (nSPS) is 19.1. The van der Waals surface area contributed by atoms with Crippen LogP contribution in [0.1, 0.15) is 25.5 Å². The van der Waals surface area contributed by atoms with Crippen LogP contribution >= 0.6 is 11.8 Å². The second kappa shape index (κ2) is 5.71. The Morgan fingerprint density at radius 1 is 1.44 bits per heavy atom. The molecule has 1 atom stereocenters. The van der Waals surface area contributed by atoms with Gasteiger partial charge >= 0.3 is 0 Å². The van der Waals surface area contributed by atoms with E-state index in [0.717, 1.165) is 18.9 Å². The Balaban J connectivity index is 1.80. The molecule has 0 saturated heterocycles. The minimum Gasteiger partial charge on any atom is -0.377 e. The third-order valence-electron chi connectivity index (χ3n) is 2.64. The first-order valence-corrected chi connectivity index (χ1v) is 6.82. The van der Waals surface area contributed by atoms with Gasteiger partial charge < -0.3 is 10.1 Å². The molecule has 1 N–H and O–H groups in total. The minimum absolute atomic E-state index is 0.326. The maximum atomic E-state index is 5.52. The van der Waals surface area contributed by atoms with E-state index in [9.17, 15) is 0 Å². The zero-order valence-electron chi connectivity index (χ0n) is 9.90. The minimum atomic E-state index is 0.326. The fourth-order valence-electron chi connectivity index (χ4n) is 1.86. The molecule has 0 fully saturated rings. The molecular weight excluding hydrogens is 218 g/mol. The van der Waals surface area contributed by atoms with Crippen LogP contribution < -0.4 is 5.32 Å². The average Bonchev–Trinajstić information content (AvgIpc) is 2.68. The average molecular weight is 237 g/mol. The second-order valence-corrected chi connectivity index (χ2v) is 5.34. The molecule has 3 heteroatoms. The molecule has 2 nitrogen and oxygen atoms in total. The van der Waals surface area contributed by atoms with Gasteiger partial charge in [-0.2, -0.15) is 0 Å². The first-order chi connectivity index (χ1) is 7.77. The third-order valence-corrected chi connectivity index (χ3v) is 3.83. The molecule has 0 radical (unpaired) electrons. The highest BCUT2D eigenvalue weighted by Gasteiger charge is 2.21. The van der Waals surface area contributed by atoms with Gasteiger partial charge in [-0.1, -0.05) is 18.2 Å². The molecular formula is C13H19NOS. The van der Waals surface area contributed by atoms with Gasteiger partial charge in [0.05, 0.1) is 12.7 Å². The Kier molecular flexibility index (Phi) is 4.27. The topological polar surface area (TPSA) is 21.3 Å². The molecule has 1 aromatic rings. The number of nitrogens with one attached hydrogen (secondary N) is 1. The summed E-state index contributed by atoms with van der Waals surface area (Å²) >= 11 is 1.94. The molecule has 16 heavy (non-hydrogen) atoms. The van der Waals surface area contributed by atoms with Gasteiger partial charge in [-0.15, -0.1) is 11.8 Å². The molecule has 1 aliphatic heterocycles. The van der Waals surface area contributed by atoms with Crippen molar-refractivity contribution in [3.05, 3.63) is 29.8 Å². The van der Waals surface area contributed by atoms with E-state index in [2.05, 4.69) is 43.4 Å². The number of fused-ring (bicyclic) bond motifs is 1. The molecule has 0 amide bonds. The maximum absolute atomic E-state index is 5.52. The van der Waals surface area contributed by atoms with E-state index in [1.54, 1.807) is 0 Å². The van der Waals surface area contributed by atoms with Gasteiger partial charge in [-0.05, 0) is 25.5 Å². The molecule has 0 bridgehead atoms. The Morgan fingerprint density at radius 3 is 3.06 bits per heavy atom. The molecule has 1 unspecified atom stereocenters. The Labute approximate surface area is 102 Å². The molecule has 88 valence electrons. The van der Waals surface area contributed by atoms with Crippen LogP contribution in [-0.4, -0.2) is 25.0 Å². The van der Waals surface area contributed by atoms with Gasteiger partial charge in [-0.25, -0.2) is 0 Å². The van der Waals surface area contributed by atoms with Gasteiger partial charge in [0.2, 0.25) is 0 Å². The predicted octanol–water partition coefficient (Wildman–Crippen LogP) is 2.85. The van der Waals surface area contributed by atoms with Gasteiger partial charge in [0.15, 0.2) is 0 Å². The lowest BCUT2D eigenvalue weighted by Gasteiger charge is -2.14. The molecule has 1 aliphatic rings. The molecule has 0 aromatic heterocycles. The van der Waals surface area contributed by atoms with Crippen molar-refractivity contribution in [3.8, 4) is 0 Å². The first-order valence-electron chi connectivity index (χ1n) is 5.84. The van der Waals surface area contributed by atoms with Crippen LogP contribution in [0.2, 0.25) is 0 Å². The Morgan fingerprint density at radius 2 is 2.25 bits per heavy atom. The van der Waals surface area contributed by atoms with Crippen molar-refractivity contribution in [2.24, 2.45) is 0 Å². The number of thioether (sulfide) groups is 1. The summed E-state index contributed by atoms with van der Waals surface area (Å²) in [7, 11) is 0. The van der Waals surface area contributed by atoms with Gasteiger partial charge in [0.1, 0.15) is 0 Å². The SMILES string of the molecule is CC(C)OCCNC1CSc2ccccc21. The van der Waals surface area contributed by atoms with Gasteiger partial charge in [-0.3, -0.25) is 0 Å². The van der Waals surface area contributed by atoms with Crippen LogP contribution in [0.25, 0.3) is 0 Å². The Bertz CT molecular complexity index is 340. The quantitative estimate of drug-likeness (QED) is 0.796. The first kappa shape index (κ1) is 12.0. The standard InChI is InChI=1S/C13H19NOS/c1-10(2)15-8-7-14-12-9-16-13-6-4-3-5-11(12)13/h3-6,10,12,14H,7-9H2,1-2H3. The van der Waals surface area contributed by atoms with Crippen LogP contribution in [0.3, 0.4) is 0 Å². The maximum Gasteiger partial charge on any atom is 0.0594 e. The zero-order valence-corrected chi connectivity index (χ0v) is 10.7. The van der Waals surface area contributed by atoms with Gasteiger partial charge in [0, 0.05) is 23.2 Å². The van der Waals surface area contributed by atoms with Crippen molar-refractivity contribution < 1.29 is 4.74 Å². The fraction of sp³-hybridized carbons (Fsp3) is 0.538. The molecule has 0 aliphatic carbocycles. The van der Waals surface area contributed by atoms with E-state index in [0.29, 0.717) is 12.1 Å². The molecule has 0 spiro atoms. The monoisotopic (exact) mass is 237 g/mol. The Hall–Kier alpha value is -0.510. The largest absolute Gasteiger partial charge is 0.377 e. The van der Waals surface area contributed by atoms with Crippen LogP contribution in [0.5, 0.6) is 0 Å². The lowest BCUT2D eigenvalue weighted by molar-refractivity contribution is 0.0797. The highest BCUT2D eigenvalue weighted by molar-refractivity contribution is 7.99. The summed E-state index contributed by atoms with van der Waals surface area (Å²) in [5.74, 6) is 1.14. The van der Waals surface area contributed by atoms with Crippen LogP contribution in [0, 0.1) is 0 Å². The number of benzene rings is 1. The van der Waals surface area contributed by atoms with Crippen molar-refractivity contribution in [1.29, 1.82) is 0 Å². The number of ether oxygens (including phenoxy) is 1. The number of rotatable bonds is 5. The number of hydrogen-bond acceptors (Lipinski definition) is 3. The summed E-state index contributed by atoms with van der Waals surface area (Å²) in [5, 5.41) is 3.55. The van der Waals surface area contributed by atoms with Crippen molar-refractivity contribution in [2.75, 3.05) is 18.9 Å². The fourth-order valence-corrected chi connectivity index (χ4v) is 3.05. The van der Waals surface area contributed by atoms with Crippen molar-refractivity contribution in [3.63, 3.8) is 0 Å².